The molecule has 4 heavy (non-hydrogen) atoms. The molecule has 0 radical (unpaired) electrons. The molecule has 0 aromatic heterocycles. The molecule has 0 bridgehead atoms. The molecule has 0 saturated carbocycles. The van der Waals surface area contributed by atoms with E-state index < -0.39 is 0 Å². The normalized spacial score (nSPS) is 0. The molecule has 0 unspecified atom stereocenters. The van der Waals surface area contributed by atoms with Crippen LogP contribution in [0.3, 0.4) is 0 Å². The maximum Gasteiger partial charge on any atom is 2.00 e. The van der Waals surface area contributed by atoms with Crippen LogP contribution in [0.25, 0.3) is 0 Å². The van der Waals surface area contributed by atoms with Gasteiger partial charge in [-0.2, -0.15) is 0 Å². The van der Waals surface area contributed by atoms with E-state index in [0.717, 1.165) is 0 Å². The Morgan fingerprint density at radius 1 is 0.750 bits per heavy atom. The summed E-state index contributed by atoms with van der Waals surface area (Å²) in [4.78, 5) is 0. The van der Waals surface area contributed by atoms with Crippen molar-refractivity contribution in [3.8, 4) is 0 Å². The smallest absolute Gasteiger partial charge is 0.412 e. The van der Waals surface area contributed by atoms with Crippen LogP contribution < -0.4 is 0 Å². The van der Waals surface area contributed by atoms with E-state index in [1.165, 1.54) is 0 Å². The molecule has 0 rings (SSSR count). The Balaban J connectivity index is 0. The third kappa shape index (κ3) is 13.7. The van der Waals surface area contributed by atoms with Crippen LogP contribution in [0.15, 0.2) is 0 Å². The van der Waals surface area contributed by atoms with Crippen LogP contribution in [-0.4, -0.2) is 11.0 Å². The Bertz CT molecular complexity index is 6.00. The van der Waals surface area contributed by atoms with Gasteiger partial charge in [0.25, 0.3) is 0 Å². The van der Waals surface area contributed by atoms with E-state index in [2.05, 4.69) is 0 Å². The summed E-state index contributed by atoms with van der Waals surface area (Å²) >= 11 is 0. The van der Waals surface area contributed by atoms with Crippen molar-refractivity contribution < 1.29 is 30.4 Å². The summed E-state index contributed by atoms with van der Waals surface area (Å²) < 4.78 is 0. The topological polar surface area (TPSA) is 63.0 Å². The first-order valence-corrected chi connectivity index (χ1v) is 0. The largest absolute Gasteiger partial charge is 2.00 e. The van der Waals surface area contributed by atoms with Gasteiger partial charge in [-0.15, -0.1) is 12.4 Å². The summed E-state index contributed by atoms with van der Waals surface area (Å²) in [6.07, 6.45) is 0. The minimum Gasteiger partial charge on any atom is -0.412 e. The Kier molecular flexibility index (Phi) is 1130. The molecule has 4 N–H and O–H groups in total. The van der Waals surface area contributed by atoms with E-state index in [1.807, 2.05) is 0 Å². The average Bonchev–Trinajstić information content (AvgIpc) is 0. The van der Waals surface area contributed by atoms with Crippen molar-refractivity contribution in [3.63, 3.8) is 0 Å². The first-order valence-electron chi connectivity index (χ1n) is 0. The number of hydrogen-bond acceptors (Lipinski definition) is 0. The molecular weight excluding hydrogens is 169 g/mol. The van der Waals surface area contributed by atoms with Crippen molar-refractivity contribution >= 4 is 12.4 Å². The fourth-order valence-corrected chi connectivity index (χ4v) is 0. The second-order valence-electron chi connectivity index (χ2n) is 0. The zero-order valence-corrected chi connectivity index (χ0v) is 4.32. The molecule has 0 fully saturated rings. The molecule has 2 nitrogen and oxygen atoms in total. The van der Waals surface area contributed by atoms with Crippen LogP contribution in [0, 0.1) is 0 Å². The minimum atomic E-state index is 0. The van der Waals surface area contributed by atoms with Crippen LogP contribution in [0.4, 0.5) is 0 Å². The standard InChI is InChI=1S/ClH.2H2O.Ru/h1H;2*1H2;/q;;;+2. The Hall–Kier alpha value is 0.833. The molecule has 0 aliphatic heterocycles. The van der Waals surface area contributed by atoms with Gasteiger partial charge in [0.05, 0.1) is 0 Å². The zero-order chi connectivity index (χ0) is 0. The van der Waals surface area contributed by atoms with Gasteiger partial charge in [0.2, 0.25) is 0 Å². The van der Waals surface area contributed by atoms with Gasteiger partial charge in [0, 0.05) is 0 Å². The quantitative estimate of drug-likeness (QED) is 0.412. The Morgan fingerprint density at radius 3 is 0.750 bits per heavy atom. The van der Waals surface area contributed by atoms with E-state index in [4.69, 9.17) is 0 Å². The van der Waals surface area contributed by atoms with Crippen molar-refractivity contribution in [2.24, 2.45) is 0 Å². The van der Waals surface area contributed by atoms with Crippen molar-refractivity contribution in [1.82, 2.24) is 0 Å². The first-order chi connectivity index (χ1) is 0. The minimum absolute atomic E-state index is 0. The SMILES string of the molecule is Cl.O.O.[Ru+2]. The van der Waals surface area contributed by atoms with Crippen LogP contribution in [0.2, 0.25) is 0 Å². The Labute approximate surface area is 43.4 Å². The molecule has 0 aromatic rings. The summed E-state index contributed by atoms with van der Waals surface area (Å²) in [6, 6.07) is 0. The molecule has 4 heteroatoms. The van der Waals surface area contributed by atoms with Gasteiger partial charge in [-0.25, -0.2) is 0 Å². The van der Waals surface area contributed by atoms with E-state index in [9.17, 15) is 0 Å². The molecule has 0 spiro atoms. The third-order valence-corrected chi connectivity index (χ3v) is 0. The van der Waals surface area contributed by atoms with Crippen molar-refractivity contribution in [2.45, 2.75) is 0 Å². The van der Waals surface area contributed by atoms with Gasteiger partial charge < -0.3 is 11.0 Å². The molecule has 0 amide bonds. The third-order valence-electron chi connectivity index (χ3n) is 0. The number of rotatable bonds is 0. The van der Waals surface area contributed by atoms with Crippen LogP contribution in [0.5, 0.6) is 0 Å². The fourth-order valence-electron chi connectivity index (χ4n) is 0. The van der Waals surface area contributed by atoms with E-state index >= 15 is 0 Å². The van der Waals surface area contributed by atoms with Crippen LogP contribution in [-0.2, 0) is 19.5 Å². The van der Waals surface area contributed by atoms with Gasteiger partial charge in [0.15, 0.2) is 0 Å². The van der Waals surface area contributed by atoms with Gasteiger partial charge in [-0.1, -0.05) is 0 Å². The maximum atomic E-state index is 0. The molecule has 0 atom stereocenters. The maximum absolute atomic E-state index is 0. The predicted octanol–water partition coefficient (Wildman–Crippen LogP) is -1.23. The molecular formula is H5ClO2Ru+2. The molecule has 0 aliphatic carbocycles. The molecule has 0 saturated heterocycles. The summed E-state index contributed by atoms with van der Waals surface area (Å²) in [5.41, 5.74) is 0. The van der Waals surface area contributed by atoms with Crippen molar-refractivity contribution in [2.75, 3.05) is 0 Å². The average molecular weight is 174 g/mol. The molecule has 0 aliphatic rings. The second kappa shape index (κ2) is 44.3. The summed E-state index contributed by atoms with van der Waals surface area (Å²) in [6.45, 7) is 0. The Morgan fingerprint density at radius 2 is 0.750 bits per heavy atom. The van der Waals surface area contributed by atoms with Gasteiger partial charge in [-0.3, -0.25) is 0 Å². The van der Waals surface area contributed by atoms with Crippen molar-refractivity contribution in [3.05, 3.63) is 0 Å². The molecule has 0 aromatic carbocycles. The van der Waals surface area contributed by atoms with E-state index in [1.54, 1.807) is 0 Å². The second-order valence-corrected chi connectivity index (χ2v) is 0. The van der Waals surface area contributed by atoms with Gasteiger partial charge >= 0.3 is 19.5 Å². The van der Waals surface area contributed by atoms with Crippen molar-refractivity contribution in [1.29, 1.82) is 0 Å². The van der Waals surface area contributed by atoms with Gasteiger partial charge in [-0.05, 0) is 0 Å². The number of hydrogen-bond donors (Lipinski definition) is 0. The predicted molar refractivity (Wildman–Crippen MR) is 14.5 cm³/mol. The van der Waals surface area contributed by atoms with Crippen LogP contribution in [0.1, 0.15) is 0 Å². The molecule has 30 valence electrons. The van der Waals surface area contributed by atoms with E-state index in [0.29, 0.717) is 0 Å². The summed E-state index contributed by atoms with van der Waals surface area (Å²) in [7, 11) is 0. The van der Waals surface area contributed by atoms with E-state index in [-0.39, 0.29) is 42.8 Å². The van der Waals surface area contributed by atoms with Crippen LogP contribution >= 0.6 is 12.4 Å². The fraction of sp³-hybridized carbons (Fsp3) is 0. The first kappa shape index (κ1) is 102. The summed E-state index contributed by atoms with van der Waals surface area (Å²) in [5.74, 6) is 0. The number of halogens is 1. The summed E-state index contributed by atoms with van der Waals surface area (Å²) in [5, 5.41) is 0. The zero-order valence-electron chi connectivity index (χ0n) is 1.76. The monoisotopic (exact) mass is 174 g/mol. The van der Waals surface area contributed by atoms with Gasteiger partial charge in [0.1, 0.15) is 0 Å². The molecule has 0 heterocycles.